The topological polar surface area (TPSA) is 68.6 Å². The van der Waals surface area contributed by atoms with Gasteiger partial charge in [-0.15, -0.1) is 0 Å². The van der Waals surface area contributed by atoms with Crippen LogP contribution in [0.15, 0.2) is 71.1 Å². The number of Topliss-reactive ketones (excluding diaryl/α,β-unsaturated/α-hetero) is 1. The average molecular weight is 374 g/mol. The van der Waals surface area contributed by atoms with Crippen molar-refractivity contribution in [2.45, 2.75) is 31.6 Å². The van der Waals surface area contributed by atoms with E-state index in [1.54, 1.807) is 12.4 Å². The first kappa shape index (κ1) is 18.3. The number of benzene rings is 1. The Bertz CT molecular complexity index is 964. The number of ether oxygens (including phenoxy) is 1. The average Bonchev–Trinajstić information content (AvgIpc) is 2.73. The fraction of sp³-hybridized carbons (Fsp3) is 0.304. The number of carbonyl (C=O) groups is 2. The molecule has 3 atom stereocenters. The van der Waals surface area contributed by atoms with Gasteiger partial charge in [-0.25, -0.2) is 0 Å². The number of hydrogen-bond acceptors (Lipinski definition) is 5. The molecule has 0 amide bonds. The van der Waals surface area contributed by atoms with Crippen molar-refractivity contribution < 1.29 is 14.3 Å². The number of carbonyl (C=O) groups excluding carboxylic acids is 2. The summed E-state index contributed by atoms with van der Waals surface area (Å²) in [7, 11) is 1.37. The molecule has 1 aliphatic heterocycles. The molecule has 0 radical (unpaired) electrons. The molecule has 1 aromatic carbocycles. The molecule has 0 saturated carbocycles. The lowest BCUT2D eigenvalue weighted by Gasteiger charge is -2.36. The Morgan fingerprint density at radius 2 is 1.82 bits per heavy atom. The van der Waals surface area contributed by atoms with Crippen LogP contribution in [0, 0.1) is 5.92 Å². The maximum atomic E-state index is 13.3. The van der Waals surface area contributed by atoms with Gasteiger partial charge < -0.3 is 4.74 Å². The fourth-order valence-corrected chi connectivity index (χ4v) is 4.37. The van der Waals surface area contributed by atoms with Crippen LogP contribution >= 0.6 is 0 Å². The number of rotatable bonds is 3. The van der Waals surface area contributed by atoms with E-state index in [1.165, 1.54) is 7.11 Å². The van der Waals surface area contributed by atoms with Gasteiger partial charge in [-0.05, 0) is 36.5 Å². The first-order valence-corrected chi connectivity index (χ1v) is 9.44. The van der Waals surface area contributed by atoms with Crippen molar-refractivity contribution in [3.05, 3.63) is 77.3 Å². The quantitative estimate of drug-likeness (QED) is 0.766. The molecule has 1 aromatic heterocycles. The van der Waals surface area contributed by atoms with E-state index >= 15 is 0 Å². The predicted molar refractivity (Wildman–Crippen MR) is 106 cm³/mol. The summed E-state index contributed by atoms with van der Waals surface area (Å²) in [5, 5.41) is 0. The van der Waals surface area contributed by atoms with Gasteiger partial charge in [0.2, 0.25) is 0 Å². The standard InChI is InChI=1S/C23H22N2O3/c1-14-20(23(27)28-2)21(16-9-6-10-24-13-16)22-18(25-14)11-17(12-19(22)26)15-7-4-3-5-8-15/h3-10,13,17,20-21H,11-12H2,1-2H3/t17-,20?,21+/m0/s1. The van der Waals surface area contributed by atoms with Gasteiger partial charge in [-0.2, -0.15) is 0 Å². The van der Waals surface area contributed by atoms with Crippen LogP contribution in [0.2, 0.25) is 0 Å². The highest BCUT2D eigenvalue weighted by Gasteiger charge is 2.44. The van der Waals surface area contributed by atoms with Crippen LogP contribution in [0.1, 0.15) is 42.7 Å². The highest BCUT2D eigenvalue weighted by Crippen LogP contribution is 2.46. The smallest absolute Gasteiger partial charge is 0.315 e. The summed E-state index contributed by atoms with van der Waals surface area (Å²) in [6.45, 7) is 1.84. The summed E-state index contributed by atoms with van der Waals surface area (Å²) in [4.78, 5) is 34.7. The molecule has 5 nitrogen and oxygen atoms in total. The number of aliphatic imine (C=N–C) groups is 1. The van der Waals surface area contributed by atoms with Gasteiger partial charge in [0.1, 0.15) is 5.92 Å². The van der Waals surface area contributed by atoms with Gasteiger partial charge in [-0.3, -0.25) is 19.6 Å². The molecular formula is C23H22N2O3. The van der Waals surface area contributed by atoms with Crippen molar-refractivity contribution >= 4 is 17.5 Å². The Labute approximate surface area is 164 Å². The largest absolute Gasteiger partial charge is 0.468 e. The maximum Gasteiger partial charge on any atom is 0.315 e. The number of pyridine rings is 1. The molecule has 1 aliphatic carbocycles. The molecule has 2 aliphatic rings. The summed E-state index contributed by atoms with van der Waals surface area (Å²) < 4.78 is 5.04. The van der Waals surface area contributed by atoms with E-state index in [1.807, 2.05) is 37.3 Å². The lowest BCUT2D eigenvalue weighted by Crippen LogP contribution is -2.37. The third-order valence-corrected chi connectivity index (χ3v) is 5.66. The van der Waals surface area contributed by atoms with Crippen molar-refractivity contribution in [2.24, 2.45) is 10.9 Å². The van der Waals surface area contributed by atoms with E-state index in [0.29, 0.717) is 24.1 Å². The zero-order valence-electron chi connectivity index (χ0n) is 16.0. The monoisotopic (exact) mass is 374 g/mol. The number of esters is 1. The van der Waals surface area contributed by atoms with Crippen LogP contribution in [0.3, 0.4) is 0 Å². The van der Waals surface area contributed by atoms with E-state index in [9.17, 15) is 9.59 Å². The SMILES string of the molecule is COC(=O)C1C(C)=NC2=C(C(=O)C[C@@H](c3ccccc3)C2)[C@@H]1c1cccnc1. The summed E-state index contributed by atoms with van der Waals surface area (Å²) in [6, 6.07) is 13.8. The number of methoxy groups -OCH3 is 1. The van der Waals surface area contributed by atoms with Gasteiger partial charge in [0, 0.05) is 41.7 Å². The summed E-state index contributed by atoms with van der Waals surface area (Å²) in [5.74, 6) is -1.23. The van der Waals surface area contributed by atoms with Gasteiger partial charge in [0.25, 0.3) is 0 Å². The first-order chi connectivity index (χ1) is 13.6. The second-order valence-electron chi connectivity index (χ2n) is 7.32. The van der Waals surface area contributed by atoms with Crippen molar-refractivity contribution in [2.75, 3.05) is 7.11 Å². The minimum atomic E-state index is -0.606. The van der Waals surface area contributed by atoms with Crippen LogP contribution in [0.25, 0.3) is 0 Å². The summed E-state index contributed by atoms with van der Waals surface area (Å²) >= 11 is 0. The molecule has 28 heavy (non-hydrogen) atoms. The van der Waals surface area contributed by atoms with E-state index in [-0.39, 0.29) is 17.7 Å². The Morgan fingerprint density at radius 1 is 1.07 bits per heavy atom. The minimum Gasteiger partial charge on any atom is -0.468 e. The fourth-order valence-electron chi connectivity index (χ4n) is 4.37. The second-order valence-corrected chi connectivity index (χ2v) is 7.32. The normalized spacial score (nSPS) is 24.4. The van der Waals surface area contributed by atoms with E-state index in [4.69, 9.17) is 9.73 Å². The summed E-state index contributed by atoms with van der Waals surface area (Å²) in [6.07, 6.45) is 4.51. The molecule has 5 heteroatoms. The molecule has 4 rings (SSSR count). The molecule has 0 N–H and O–H groups in total. The molecule has 0 spiro atoms. The van der Waals surface area contributed by atoms with E-state index in [0.717, 1.165) is 16.8 Å². The lowest BCUT2D eigenvalue weighted by molar-refractivity contribution is -0.143. The van der Waals surface area contributed by atoms with E-state index in [2.05, 4.69) is 17.1 Å². The van der Waals surface area contributed by atoms with Crippen LogP contribution in [-0.4, -0.2) is 29.6 Å². The molecular weight excluding hydrogens is 352 g/mol. The highest BCUT2D eigenvalue weighted by molar-refractivity contribution is 6.09. The minimum absolute atomic E-state index is 0.0501. The van der Waals surface area contributed by atoms with Gasteiger partial charge in [0.15, 0.2) is 5.78 Å². The predicted octanol–water partition coefficient (Wildman–Crippen LogP) is 3.83. The number of nitrogens with zero attached hydrogens (tertiary/aromatic N) is 2. The zero-order chi connectivity index (χ0) is 19.7. The van der Waals surface area contributed by atoms with Gasteiger partial charge >= 0.3 is 5.97 Å². The number of allylic oxidation sites excluding steroid dienone is 2. The van der Waals surface area contributed by atoms with Crippen LogP contribution in [0.4, 0.5) is 0 Å². The van der Waals surface area contributed by atoms with Crippen molar-refractivity contribution in [1.82, 2.24) is 4.98 Å². The van der Waals surface area contributed by atoms with Crippen molar-refractivity contribution in [1.29, 1.82) is 0 Å². The molecule has 0 fully saturated rings. The lowest BCUT2D eigenvalue weighted by atomic mass is 9.69. The van der Waals surface area contributed by atoms with Crippen molar-refractivity contribution in [3.63, 3.8) is 0 Å². The van der Waals surface area contributed by atoms with Crippen LogP contribution in [-0.2, 0) is 14.3 Å². The Kier molecular flexibility index (Phi) is 4.90. The highest BCUT2D eigenvalue weighted by atomic mass is 16.5. The molecule has 1 unspecified atom stereocenters. The molecule has 142 valence electrons. The third-order valence-electron chi connectivity index (χ3n) is 5.66. The third kappa shape index (κ3) is 3.17. The number of hydrogen-bond donors (Lipinski definition) is 0. The van der Waals surface area contributed by atoms with Crippen LogP contribution in [0.5, 0.6) is 0 Å². The first-order valence-electron chi connectivity index (χ1n) is 9.44. The molecule has 2 heterocycles. The Morgan fingerprint density at radius 3 is 2.50 bits per heavy atom. The van der Waals surface area contributed by atoms with Gasteiger partial charge in [0.05, 0.1) is 7.11 Å². The second kappa shape index (κ2) is 7.50. The van der Waals surface area contributed by atoms with Gasteiger partial charge in [-0.1, -0.05) is 36.4 Å². The number of aromatic nitrogens is 1. The maximum absolute atomic E-state index is 13.3. The Balaban J connectivity index is 1.81. The van der Waals surface area contributed by atoms with Crippen LogP contribution < -0.4 is 0 Å². The van der Waals surface area contributed by atoms with Crippen molar-refractivity contribution in [3.8, 4) is 0 Å². The summed E-state index contributed by atoms with van der Waals surface area (Å²) in [5.41, 5.74) is 4.09. The Hall–Kier alpha value is -3.08. The van der Waals surface area contributed by atoms with E-state index < -0.39 is 11.8 Å². The molecule has 0 saturated heterocycles. The number of ketones is 1. The molecule has 0 bridgehead atoms. The zero-order valence-corrected chi connectivity index (χ0v) is 16.0. The molecule has 2 aromatic rings.